The average Bonchev–Trinajstić information content (AvgIpc) is 2.74. The molecule has 0 saturated carbocycles. The monoisotopic (exact) mass is 263 g/mol. The molecule has 0 saturated heterocycles. The molecule has 1 aromatic carbocycles. The fraction of sp³-hybridized carbons (Fsp3) is 0.0833. The van der Waals surface area contributed by atoms with Crippen molar-refractivity contribution in [2.24, 2.45) is 0 Å². The number of halogens is 1. The number of anilines is 1. The molecular formula is C12H10FN3OS. The standard InChI is InChI=1S/C12H10FN3OS/c1-8-15-16-12(18-8)14-11(17)7-6-9-4-2-3-5-10(9)13/h2-7H,1H3,(H,14,16,17)/b7-6+. The highest BCUT2D eigenvalue weighted by molar-refractivity contribution is 7.15. The lowest BCUT2D eigenvalue weighted by Crippen LogP contribution is -2.07. The quantitative estimate of drug-likeness (QED) is 0.866. The third-order valence-electron chi connectivity index (χ3n) is 2.08. The fourth-order valence-corrected chi connectivity index (χ4v) is 1.86. The van der Waals surface area contributed by atoms with Gasteiger partial charge in [0.1, 0.15) is 10.8 Å². The summed E-state index contributed by atoms with van der Waals surface area (Å²) in [7, 11) is 0. The van der Waals surface area contributed by atoms with E-state index in [1.807, 2.05) is 0 Å². The first-order chi connectivity index (χ1) is 8.65. The van der Waals surface area contributed by atoms with Gasteiger partial charge in [0.05, 0.1) is 0 Å². The summed E-state index contributed by atoms with van der Waals surface area (Å²) >= 11 is 1.28. The van der Waals surface area contributed by atoms with Gasteiger partial charge in [-0.3, -0.25) is 10.1 Å². The molecule has 1 heterocycles. The van der Waals surface area contributed by atoms with Crippen LogP contribution in [-0.4, -0.2) is 16.1 Å². The zero-order valence-corrected chi connectivity index (χ0v) is 10.4. The minimum atomic E-state index is -0.367. The van der Waals surface area contributed by atoms with Gasteiger partial charge in [-0.15, -0.1) is 10.2 Å². The highest BCUT2D eigenvalue weighted by Gasteiger charge is 2.03. The van der Waals surface area contributed by atoms with Crippen LogP contribution in [-0.2, 0) is 4.79 Å². The van der Waals surface area contributed by atoms with Crippen molar-refractivity contribution in [1.29, 1.82) is 0 Å². The van der Waals surface area contributed by atoms with Crippen LogP contribution in [0.1, 0.15) is 10.6 Å². The van der Waals surface area contributed by atoms with Crippen LogP contribution in [0.3, 0.4) is 0 Å². The van der Waals surface area contributed by atoms with Crippen molar-refractivity contribution in [3.63, 3.8) is 0 Å². The van der Waals surface area contributed by atoms with Crippen molar-refractivity contribution in [1.82, 2.24) is 10.2 Å². The van der Waals surface area contributed by atoms with Gasteiger partial charge in [-0.05, 0) is 19.1 Å². The molecule has 1 amide bonds. The average molecular weight is 263 g/mol. The van der Waals surface area contributed by atoms with E-state index >= 15 is 0 Å². The Hall–Kier alpha value is -2.08. The maximum atomic E-state index is 13.3. The molecular weight excluding hydrogens is 253 g/mol. The molecule has 0 aliphatic heterocycles. The van der Waals surface area contributed by atoms with Crippen LogP contribution in [0.4, 0.5) is 9.52 Å². The molecule has 18 heavy (non-hydrogen) atoms. The molecule has 0 radical (unpaired) electrons. The Kier molecular flexibility index (Phi) is 3.78. The molecule has 2 aromatic rings. The third-order valence-corrected chi connectivity index (χ3v) is 2.83. The van der Waals surface area contributed by atoms with Crippen molar-refractivity contribution in [3.05, 3.63) is 46.7 Å². The summed E-state index contributed by atoms with van der Waals surface area (Å²) in [5, 5.41) is 11.3. The molecule has 0 bridgehead atoms. The Morgan fingerprint density at radius 1 is 1.39 bits per heavy atom. The van der Waals surface area contributed by atoms with Gasteiger partial charge in [-0.1, -0.05) is 29.5 Å². The molecule has 0 spiro atoms. The summed E-state index contributed by atoms with van der Waals surface area (Å²) in [6.45, 7) is 1.79. The summed E-state index contributed by atoms with van der Waals surface area (Å²) in [6, 6.07) is 6.23. The van der Waals surface area contributed by atoms with Gasteiger partial charge in [0.15, 0.2) is 0 Å². The molecule has 0 fully saturated rings. The Bertz CT molecular complexity index is 595. The number of hydrogen-bond donors (Lipinski definition) is 1. The minimum absolute atomic E-state index is 0.362. The van der Waals surface area contributed by atoms with Crippen molar-refractivity contribution in [2.45, 2.75) is 6.92 Å². The molecule has 1 N–H and O–H groups in total. The SMILES string of the molecule is Cc1nnc(NC(=O)/C=C/c2ccccc2F)s1. The number of aromatic nitrogens is 2. The zero-order chi connectivity index (χ0) is 13.0. The molecule has 6 heteroatoms. The number of nitrogens with one attached hydrogen (secondary N) is 1. The Morgan fingerprint density at radius 2 is 2.17 bits per heavy atom. The van der Waals surface area contributed by atoms with Crippen LogP contribution in [0.15, 0.2) is 30.3 Å². The van der Waals surface area contributed by atoms with Gasteiger partial charge >= 0.3 is 0 Å². The van der Waals surface area contributed by atoms with E-state index in [1.165, 1.54) is 29.6 Å². The number of nitrogens with zero attached hydrogens (tertiary/aromatic N) is 2. The Balaban J connectivity index is 2.01. The molecule has 4 nitrogen and oxygen atoms in total. The molecule has 0 unspecified atom stereocenters. The van der Waals surface area contributed by atoms with Gasteiger partial charge in [0.2, 0.25) is 11.0 Å². The summed E-state index contributed by atoms with van der Waals surface area (Å²) in [4.78, 5) is 11.5. The zero-order valence-electron chi connectivity index (χ0n) is 9.55. The number of benzene rings is 1. The van der Waals surface area contributed by atoms with Crippen LogP contribution >= 0.6 is 11.3 Å². The van der Waals surface area contributed by atoms with E-state index in [2.05, 4.69) is 15.5 Å². The predicted molar refractivity (Wildman–Crippen MR) is 68.7 cm³/mol. The smallest absolute Gasteiger partial charge is 0.250 e. The number of hydrogen-bond acceptors (Lipinski definition) is 4. The molecule has 2 rings (SSSR count). The van der Waals surface area contributed by atoms with Crippen molar-refractivity contribution in [3.8, 4) is 0 Å². The first-order valence-electron chi connectivity index (χ1n) is 5.19. The van der Waals surface area contributed by atoms with Crippen LogP contribution < -0.4 is 5.32 Å². The van der Waals surface area contributed by atoms with E-state index in [0.29, 0.717) is 10.7 Å². The summed E-state index contributed by atoms with van der Waals surface area (Å²) in [5.74, 6) is -0.734. The van der Waals surface area contributed by atoms with Crippen LogP contribution in [0.25, 0.3) is 6.08 Å². The first kappa shape index (κ1) is 12.4. The summed E-state index contributed by atoms with van der Waals surface area (Å²) in [6.07, 6.45) is 2.67. The second kappa shape index (κ2) is 5.50. The van der Waals surface area contributed by atoms with E-state index < -0.39 is 0 Å². The normalized spacial score (nSPS) is 10.8. The molecule has 1 aromatic heterocycles. The third kappa shape index (κ3) is 3.21. The maximum Gasteiger partial charge on any atom is 0.250 e. The number of aryl methyl sites for hydroxylation is 1. The van der Waals surface area contributed by atoms with Gasteiger partial charge < -0.3 is 0 Å². The van der Waals surface area contributed by atoms with E-state index in [0.717, 1.165) is 5.01 Å². The summed E-state index contributed by atoms with van der Waals surface area (Å²) < 4.78 is 13.3. The van der Waals surface area contributed by atoms with Gasteiger partial charge in [-0.2, -0.15) is 0 Å². The van der Waals surface area contributed by atoms with E-state index in [9.17, 15) is 9.18 Å². The van der Waals surface area contributed by atoms with Crippen LogP contribution in [0, 0.1) is 12.7 Å². The molecule has 0 aliphatic rings. The second-order valence-corrected chi connectivity index (χ2v) is 4.65. The number of amides is 1. The number of carbonyl (C=O) groups excluding carboxylic acids is 1. The second-order valence-electron chi connectivity index (χ2n) is 3.47. The predicted octanol–water partition coefficient (Wildman–Crippen LogP) is 2.64. The first-order valence-corrected chi connectivity index (χ1v) is 6.00. The largest absolute Gasteiger partial charge is 0.297 e. The van der Waals surface area contributed by atoms with Crippen molar-refractivity contribution >= 4 is 28.5 Å². The van der Waals surface area contributed by atoms with Crippen LogP contribution in [0.5, 0.6) is 0 Å². The minimum Gasteiger partial charge on any atom is -0.297 e. The van der Waals surface area contributed by atoms with Gasteiger partial charge in [0, 0.05) is 11.6 Å². The van der Waals surface area contributed by atoms with Crippen LogP contribution in [0.2, 0.25) is 0 Å². The van der Waals surface area contributed by atoms with Gasteiger partial charge in [-0.25, -0.2) is 4.39 Å². The molecule has 92 valence electrons. The van der Waals surface area contributed by atoms with Crippen molar-refractivity contribution < 1.29 is 9.18 Å². The highest BCUT2D eigenvalue weighted by Crippen LogP contribution is 2.14. The van der Waals surface area contributed by atoms with Crippen molar-refractivity contribution in [2.75, 3.05) is 5.32 Å². The summed E-state index contributed by atoms with van der Waals surface area (Å²) in [5.41, 5.74) is 0.362. The lowest BCUT2D eigenvalue weighted by molar-refractivity contribution is -0.111. The fourth-order valence-electron chi connectivity index (χ4n) is 1.27. The molecule has 0 atom stereocenters. The number of rotatable bonds is 3. The van der Waals surface area contributed by atoms with E-state index in [1.54, 1.807) is 25.1 Å². The lowest BCUT2D eigenvalue weighted by Gasteiger charge is -1.96. The van der Waals surface area contributed by atoms with Gasteiger partial charge in [0.25, 0.3) is 0 Å². The Labute approximate surface area is 107 Å². The maximum absolute atomic E-state index is 13.3. The molecule has 0 aliphatic carbocycles. The van der Waals surface area contributed by atoms with E-state index in [4.69, 9.17) is 0 Å². The highest BCUT2D eigenvalue weighted by atomic mass is 32.1. The van der Waals surface area contributed by atoms with E-state index in [-0.39, 0.29) is 11.7 Å². The lowest BCUT2D eigenvalue weighted by atomic mass is 10.2. The topological polar surface area (TPSA) is 54.9 Å². The Morgan fingerprint density at radius 3 is 2.83 bits per heavy atom. The number of carbonyl (C=O) groups is 1.